The van der Waals surface area contributed by atoms with Crippen LogP contribution in [0.15, 0.2) is 82.8 Å². The fraction of sp³-hybridized carbons (Fsp3) is 0.182. The van der Waals surface area contributed by atoms with Crippen LogP contribution in [-0.2, 0) is 26.7 Å². The van der Waals surface area contributed by atoms with Crippen LogP contribution in [0.25, 0.3) is 0 Å². The van der Waals surface area contributed by atoms with E-state index in [9.17, 15) is 16.8 Å². The number of nitrogens with two attached hydrogens (primary N) is 1. The number of aromatic nitrogens is 1. The van der Waals surface area contributed by atoms with Gasteiger partial charge in [-0.05, 0) is 62.2 Å². The first-order valence-electron chi connectivity index (χ1n) is 9.73. The predicted molar refractivity (Wildman–Crippen MR) is 134 cm³/mol. The summed E-state index contributed by atoms with van der Waals surface area (Å²) in [5, 5.41) is 7.17. The fourth-order valence-corrected chi connectivity index (χ4v) is 3.77. The molecule has 0 bridgehead atoms. The third kappa shape index (κ3) is 12.5. The standard InChI is InChI=1S/C8H11N3S.2C7H8O3S/c9-8(10)12-6-3-7-1-4-11-5-2-7;2*1-6-2-4-7(5-3-6)11(8,9)10/h1-2,4-5H,3,6H2,(H3,9,10);2*2-5H,1H3,(H,8,9,10). The van der Waals surface area contributed by atoms with Gasteiger partial charge >= 0.3 is 0 Å². The number of benzene rings is 2. The van der Waals surface area contributed by atoms with Crippen LogP contribution in [0.5, 0.6) is 0 Å². The summed E-state index contributed by atoms with van der Waals surface area (Å²) in [6.07, 6.45) is 4.48. The van der Waals surface area contributed by atoms with Gasteiger partial charge in [0.15, 0.2) is 5.17 Å². The van der Waals surface area contributed by atoms with Gasteiger partial charge in [-0.3, -0.25) is 19.5 Å². The number of nitrogens with one attached hydrogen (secondary N) is 1. The maximum atomic E-state index is 10.5. The summed E-state index contributed by atoms with van der Waals surface area (Å²) in [6.45, 7) is 3.68. The Bertz CT molecular complexity index is 1170. The van der Waals surface area contributed by atoms with E-state index in [1.807, 2.05) is 26.0 Å². The van der Waals surface area contributed by atoms with Crippen molar-refractivity contribution >= 4 is 37.2 Å². The molecule has 9 nitrogen and oxygen atoms in total. The van der Waals surface area contributed by atoms with E-state index in [-0.39, 0.29) is 15.0 Å². The van der Waals surface area contributed by atoms with E-state index in [1.54, 1.807) is 36.7 Å². The van der Waals surface area contributed by atoms with Gasteiger partial charge in [0.1, 0.15) is 0 Å². The highest BCUT2D eigenvalue weighted by atomic mass is 32.2. The number of thioether (sulfide) groups is 1. The maximum absolute atomic E-state index is 10.5. The van der Waals surface area contributed by atoms with Crippen molar-refractivity contribution in [3.05, 3.63) is 89.7 Å². The molecule has 12 heteroatoms. The second-order valence-electron chi connectivity index (χ2n) is 6.89. The van der Waals surface area contributed by atoms with Gasteiger partial charge in [0.05, 0.1) is 9.79 Å². The minimum absolute atomic E-state index is 0.0666. The third-order valence-electron chi connectivity index (χ3n) is 4.04. The minimum Gasteiger partial charge on any atom is -0.379 e. The molecule has 3 rings (SSSR count). The van der Waals surface area contributed by atoms with Crippen molar-refractivity contribution in [2.24, 2.45) is 5.73 Å². The first-order chi connectivity index (χ1) is 15.8. The van der Waals surface area contributed by atoms with Gasteiger partial charge in [-0.15, -0.1) is 0 Å². The lowest BCUT2D eigenvalue weighted by molar-refractivity contribution is 0.481. The van der Waals surface area contributed by atoms with Gasteiger partial charge in [0.25, 0.3) is 20.2 Å². The SMILES string of the molecule is Cc1ccc(S(=O)(=O)O)cc1.Cc1ccc(S(=O)(=O)O)cc1.N=C(N)SCCc1ccncc1. The van der Waals surface area contributed by atoms with Crippen LogP contribution in [0.1, 0.15) is 16.7 Å². The average Bonchev–Trinajstić information content (AvgIpc) is 2.74. The van der Waals surface area contributed by atoms with E-state index in [4.69, 9.17) is 20.2 Å². The topological polar surface area (TPSA) is 172 Å². The molecule has 1 aromatic heterocycles. The molecule has 0 fully saturated rings. The van der Waals surface area contributed by atoms with Gasteiger partial charge < -0.3 is 5.73 Å². The molecule has 2 aromatic carbocycles. The molecule has 5 N–H and O–H groups in total. The lowest BCUT2D eigenvalue weighted by Crippen LogP contribution is -2.05. The van der Waals surface area contributed by atoms with E-state index in [0.29, 0.717) is 0 Å². The largest absolute Gasteiger partial charge is 0.379 e. The third-order valence-corrected chi connectivity index (χ3v) is 6.49. The van der Waals surface area contributed by atoms with E-state index in [2.05, 4.69) is 4.98 Å². The van der Waals surface area contributed by atoms with Gasteiger partial charge in [-0.2, -0.15) is 16.8 Å². The number of rotatable bonds is 5. The summed E-state index contributed by atoms with van der Waals surface area (Å²) in [7, 11) is -8.04. The van der Waals surface area contributed by atoms with Crippen molar-refractivity contribution in [3.8, 4) is 0 Å². The highest BCUT2D eigenvalue weighted by molar-refractivity contribution is 8.13. The smallest absolute Gasteiger partial charge is 0.294 e. The second kappa shape index (κ2) is 13.8. The molecule has 0 aliphatic heterocycles. The van der Waals surface area contributed by atoms with E-state index >= 15 is 0 Å². The number of hydrogen-bond donors (Lipinski definition) is 4. The fourth-order valence-electron chi connectivity index (χ4n) is 2.25. The van der Waals surface area contributed by atoms with E-state index in [0.717, 1.165) is 23.3 Å². The summed E-state index contributed by atoms with van der Waals surface area (Å²) >= 11 is 1.37. The zero-order valence-electron chi connectivity index (χ0n) is 18.6. The van der Waals surface area contributed by atoms with Gasteiger partial charge in [-0.25, -0.2) is 0 Å². The lowest BCUT2D eigenvalue weighted by Gasteiger charge is -1.98. The molecular formula is C22H27N3O6S3. The molecule has 184 valence electrons. The Balaban J connectivity index is 0.000000255. The van der Waals surface area contributed by atoms with Gasteiger partial charge in [0, 0.05) is 18.1 Å². The zero-order valence-corrected chi connectivity index (χ0v) is 21.1. The molecule has 34 heavy (non-hydrogen) atoms. The van der Waals surface area contributed by atoms with Crippen molar-refractivity contribution in [2.75, 3.05) is 5.75 Å². The number of aryl methyl sites for hydroxylation is 3. The molecule has 0 saturated heterocycles. The van der Waals surface area contributed by atoms with Crippen LogP contribution >= 0.6 is 11.8 Å². The van der Waals surface area contributed by atoms with Crippen LogP contribution in [-0.4, -0.2) is 41.8 Å². The second-order valence-corrected chi connectivity index (χ2v) is 10.9. The van der Waals surface area contributed by atoms with Crippen molar-refractivity contribution in [1.82, 2.24) is 4.98 Å². The van der Waals surface area contributed by atoms with Crippen molar-refractivity contribution in [2.45, 2.75) is 30.1 Å². The van der Waals surface area contributed by atoms with Crippen molar-refractivity contribution in [3.63, 3.8) is 0 Å². The average molecular weight is 526 g/mol. The first kappa shape index (κ1) is 29.3. The number of hydrogen-bond acceptors (Lipinski definition) is 7. The maximum Gasteiger partial charge on any atom is 0.294 e. The van der Waals surface area contributed by atoms with Gasteiger partial charge in [-0.1, -0.05) is 47.2 Å². The molecule has 0 amide bonds. The minimum atomic E-state index is -4.02. The predicted octanol–water partition coefficient (Wildman–Crippen LogP) is 3.73. The summed E-state index contributed by atoms with van der Waals surface area (Å²) in [5.41, 5.74) is 8.34. The van der Waals surface area contributed by atoms with Crippen LogP contribution < -0.4 is 5.73 Å². The Labute approximate surface area is 204 Å². The van der Waals surface area contributed by atoms with Gasteiger partial charge in [0.2, 0.25) is 0 Å². The Morgan fingerprint density at radius 1 is 0.824 bits per heavy atom. The Hall–Kier alpha value is -2.77. The van der Waals surface area contributed by atoms with Crippen LogP contribution in [0.3, 0.4) is 0 Å². The summed E-state index contributed by atoms with van der Waals surface area (Å²) in [4.78, 5) is 3.78. The molecule has 0 aliphatic carbocycles. The summed E-state index contributed by atoms with van der Waals surface area (Å²) < 4.78 is 59.1. The molecule has 0 radical (unpaired) electrons. The molecule has 0 saturated carbocycles. The molecule has 0 aliphatic rings. The molecule has 0 unspecified atom stereocenters. The summed E-state index contributed by atoms with van der Waals surface area (Å²) in [5.74, 6) is 0.860. The lowest BCUT2D eigenvalue weighted by atomic mass is 10.2. The van der Waals surface area contributed by atoms with Crippen LogP contribution in [0.2, 0.25) is 0 Å². The molecule has 0 spiro atoms. The number of pyridine rings is 1. The zero-order chi connectivity index (χ0) is 25.8. The van der Waals surface area contributed by atoms with E-state index in [1.165, 1.54) is 41.6 Å². The highest BCUT2D eigenvalue weighted by Gasteiger charge is 2.07. The first-order valence-corrected chi connectivity index (χ1v) is 13.6. The Morgan fingerprint density at radius 3 is 1.53 bits per heavy atom. The number of amidine groups is 1. The Morgan fingerprint density at radius 2 is 1.21 bits per heavy atom. The van der Waals surface area contributed by atoms with E-state index < -0.39 is 20.2 Å². The summed E-state index contributed by atoms with van der Waals surface area (Å²) in [6, 6.07) is 15.9. The highest BCUT2D eigenvalue weighted by Crippen LogP contribution is 2.09. The molecular weight excluding hydrogens is 498 g/mol. The van der Waals surface area contributed by atoms with Crippen LogP contribution in [0.4, 0.5) is 0 Å². The molecule has 1 heterocycles. The normalized spacial score (nSPS) is 10.8. The monoisotopic (exact) mass is 525 g/mol. The van der Waals surface area contributed by atoms with Crippen molar-refractivity contribution in [1.29, 1.82) is 5.41 Å². The van der Waals surface area contributed by atoms with Crippen LogP contribution in [0, 0.1) is 19.3 Å². The number of nitrogens with zero attached hydrogens (tertiary/aromatic N) is 1. The quantitative estimate of drug-likeness (QED) is 0.220. The molecule has 3 aromatic rings. The Kier molecular flexibility index (Phi) is 11.9. The molecule has 0 atom stereocenters. The van der Waals surface area contributed by atoms with Crippen molar-refractivity contribution < 1.29 is 25.9 Å².